The van der Waals surface area contributed by atoms with Gasteiger partial charge in [-0.1, -0.05) is 0 Å². The van der Waals surface area contributed by atoms with Crippen molar-refractivity contribution in [3.63, 3.8) is 0 Å². The molecule has 1 atom stereocenters. The second-order valence-corrected chi connectivity index (χ2v) is 4.41. The first kappa shape index (κ1) is 11.4. The summed E-state index contributed by atoms with van der Waals surface area (Å²) >= 11 is 3.29. The number of aromatic carboxylic acids is 1. The fourth-order valence-corrected chi connectivity index (χ4v) is 1.99. The summed E-state index contributed by atoms with van der Waals surface area (Å²) in [6.07, 6.45) is 0.930. The summed E-state index contributed by atoms with van der Waals surface area (Å²) in [5.41, 5.74) is 0.238. The molecule has 1 saturated heterocycles. The van der Waals surface area contributed by atoms with Crippen LogP contribution in [0.15, 0.2) is 22.7 Å². The molecule has 1 heterocycles. The maximum Gasteiger partial charge on any atom is 0.335 e. The van der Waals surface area contributed by atoms with E-state index in [9.17, 15) is 4.79 Å². The quantitative estimate of drug-likeness (QED) is 0.927. The molecule has 16 heavy (non-hydrogen) atoms. The number of carbonyl (C=O) groups is 1. The number of ether oxygens (including phenoxy) is 2. The topological polar surface area (TPSA) is 55.8 Å². The van der Waals surface area contributed by atoms with Gasteiger partial charge in [-0.3, -0.25) is 0 Å². The third-order valence-electron chi connectivity index (χ3n) is 2.36. The Kier molecular flexibility index (Phi) is 3.46. The molecule has 0 aromatic heterocycles. The van der Waals surface area contributed by atoms with Crippen molar-refractivity contribution in [1.29, 1.82) is 0 Å². The van der Waals surface area contributed by atoms with Crippen LogP contribution in [0, 0.1) is 0 Å². The van der Waals surface area contributed by atoms with Crippen molar-refractivity contribution in [2.75, 3.05) is 13.2 Å². The number of carboxylic acid groups (broad SMARTS) is 1. The Morgan fingerprint density at radius 1 is 1.56 bits per heavy atom. The number of benzene rings is 1. The lowest BCUT2D eigenvalue weighted by Crippen LogP contribution is -2.16. The van der Waals surface area contributed by atoms with Crippen molar-refractivity contribution in [1.82, 2.24) is 0 Å². The third kappa shape index (κ3) is 2.54. The molecule has 0 aliphatic carbocycles. The Morgan fingerprint density at radius 2 is 2.38 bits per heavy atom. The van der Waals surface area contributed by atoms with E-state index in [1.165, 1.54) is 12.1 Å². The van der Waals surface area contributed by atoms with E-state index < -0.39 is 5.97 Å². The number of halogens is 1. The van der Waals surface area contributed by atoms with Gasteiger partial charge >= 0.3 is 5.97 Å². The normalized spacial score (nSPS) is 19.7. The molecule has 1 aliphatic heterocycles. The third-order valence-corrected chi connectivity index (χ3v) is 2.98. The van der Waals surface area contributed by atoms with Crippen molar-refractivity contribution in [3.05, 3.63) is 28.2 Å². The van der Waals surface area contributed by atoms with E-state index in [2.05, 4.69) is 15.9 Å². The first-order valence-electron chi connectivity index (χ1n) is 4.94. The van der Waals surface area contributed by atoms with Crippen molar-refractivity contribution in [2.24, 2.45) is 0 Å². The molecular weight excluding hydrogens is 276 g/mol. The lowest BCUT2D eigenvalue weighted by atomic mass is 10.2. The average molecular weight is 287 g/mol. The van der Waals surface area contributed by atoms with Crippen LogP contribution in [0.1, 0.15) is 16.8 Å². The fraction of sp³-hybridized carbons (Fsp3) is 0.364. The molecule has 2 rings (SSSR count). The van der Waals surface area contributed by atoms with Gasteiger partial charge in [0.15, 0.2) is 0 Å². The smallest absolute Gasteiger partial charge is 0.335 e. The van der Waals surface area contributed by atoms with Gasteiger partial charge in [0.1, 0.15) is 11.9 Å². The number of carboxylic acids is 1. The van der Waals surface area contributed by atoms with Crippen LogP contribution in [-0.4, -0.2) is 30.4 Å². The zero-order chi connectivity index (χ0) is 11.5. The van der Waals surface area contributed by atoms with E-state index in [0.29, 0.717) is 16.8 Å². The summed E-state index contributed by atoms with van der Waals surface area (Å²) in [5, 5.41) is 8.80. The molecule has 1 aliphatic rings. The first-order chi connectivity index (χ1) is 7.66. The highest BCUT2D eigenvalue weighted by atomic mass is 79.9. The Labute approximate surface area is 101 Å². The fourth-order valence-electron chi connectivity index (χ4n) is 1.51. The summed E-state index contributed by atoms with van der Waals surface area (Å²) in [5.74, 6) is -0.294. The number of rotatable bonds is 3. The predicted molar refractivity (Wildman–Crippen MR) is 61.0 cm³/mol. The van der Waals surface area contributed by atoms with Gasteiger partial charge in [-0.25, -0.2) is 4.79 Å². The highest BCUT2D eigenvalue weighted by Crippen LogP contribution is 2.28. The van der Waals surface area contributed by atoms with Crippen LogP contribution >= 0.6 is 15.9 Å². The molecule has 0 saturated carbocycles. The van der Waals surface area contributed by atoms with Crippen LogP contribution < -0.4 is 4.74 Å². The molecule has 1 aromatic rings. The monoisotopic (exact) mass is 286 g/mol. The van der Waals surface area contributed by atoms with Crippen LogP contribution in [0.25, 0.3) is 0 Å². The zero-order valence-electron chi connectivity index (χ0n) is 8.48. The average Bonchev–Trinajstić information content (AvgIpc) is 2.73. The van der Waals surface area contributed by atoms with Gasteiger partial charge in [0.2, 0.25) is 0 Å². The first-order valence-corrected chi connectivity index (χ1v) is 5.73. The molecule has 1 fully saturated rings. The Bertz CT molecular complexity index is 399. The molecule has 0 amide bonds. The van der Waals surface area contributed by atoms with E-state index >= 15 is 0 Å². The Morgan fingerprint density at radius 3 is 2.94 bits per heavy atom. The summed E-state index contributed by atoms with van der Waals surface area (Å²) in [4.78, 5) is 10.7. The Balaban J connectivity index is 2.12. The lowest BCUT2D eigenvalue weighted by Gasteiger charge is -2.13. The molecule has 4 nitrogen and oxygen atoms in total. The van der Waals surface area contributed by atoms with E-state index in [0.717, 1.165) is 13.0 Å². The maximum atomic E-state index is 10.7. The molecular formula is C11H11BrO4. The molecule has 1 aromatic carbocycles. The molecule has 0 spiro atoms. The SMILES string of the molecule is O=C(O)c1ccc(O[C@H]2CCOC2)c(Br)c1. The minimum Gasteiger partial charge on any atom is -0.487 e. The van der Waals surface area contributed by atoms with E-state index in [-0.39, 0.29) is 11.7 Å². The highest BCUT2D eigenvalue weighted by Gasteiger charge is 2.18. The molecule has 0 radical (unpaired) electrons. The Hall–Kier alpha value is -1.07. The van der Waals surface area contributed by atoms with Gasteiger partial charge in [0.05, 0.1) is 23.2 Å². The van der Waals surface area contributed by atoms with Gasteiger partial charge in [0, 0.05) is 6.42 Å². The van der Waals surface area contributed by atoms with Gasteiger partial charge in [-0.2, -0.15) is 0 Å². The molecule has 0 bridgehead atoms. The largest absolute Gasteiger partial charge is 0.487 e. The van der Waals surface area contributed by atoms with Crippen LogP contribution in [0.5, 0.6) is 5.75 Å². The van der Waals surface area contributed by atoms with Gasteiger partial charge in [0.25, 0.3) is 0 Å². The second-order valence-electron chi connectivity index (χ2n) is 3.55. The van der Waals surface area contributed by atoms with Crippen LogP contribution in [0.4, 0.5) is 0 Å². The lowest BCUT2D eigenvalue weighted by molar-refractivity contribution is 0.0696. The minimum atomic E-state index is -0.948. The molecule has 1 N–H and O–H groups in total. The molecule has 86 valence electrons. The highest BCUT2D eigenvalue weighted by molar-refractivity contribution is 9.10. The minimum absolute atomic E-state index is 0.0620. The van der Waals surface area contributed by atoms with E-state index in [1.54, 1.807) is 6.07 Å². The van der Waals surface area contributed by atoms with Crippen molar-refractivity contribution in [3.8, 4) is 5.75 Å². The zero-order valence-corrected chi connectivity index (χ0v) is 10.1. The van der Waals surface area contributed by atoms with Gasteiger partial charge in [-0.05, 0) is 34.1 Å². The van der Waals surface area contributed by atoms with E-state index in [4.69, 9.17) is 14.6 Å². The second kappa shape index (κ2) is 4.84. The predicted octanol–water partition coefficient (Wildman–Crippen LogP) is 2.32. The summed E-state index contributed by atoms with van der Waals surface area (Å²) in [6, 6.07) is 4.72. The van der Waals surface area contributed by atoms with Crippen LogP contribution in [0.3, 0.4) is 0 Å². The maximum absolute atomic E-state index is 10.7. The number of hydrogen-bond acceptors (Lipinski definition) is 3. The van der Waals surface area contributed by atoms with E-state index in [1.807, 2.05) is 0 Å². The molecule has 5 heteroatoms. The van der Waals surface area contributed by atoms with Crippen LogP contribution in [-0.2, 0) is 4.74 Å². The van der Waals surface area contributed by atoms with Crippen molar-refractivity contribution in [2.45, 2.75) is 12.5 Å². The van der Waals surface area contributed by atoms with Gasteiger partial charge < -0.3 is 14.6 Å². The van der Waals surface area contributed by atoms with Crippen molar-refractivity contribution < 1.29 is 19.4 Å². The van der Waals surface area contributed by atoms with Crippen molar-refractivity contribution >= 4 is 21.9 Å². The summed E-state index contributed by atoms with van der Waals surface area (Å²) in [6.45, 7) is 1.31. The summed E-state index contributed by atoms with van der Waals surface area (Å²) < 4.78 is 11.5. The standard InChI is InChI=1S/C11H11BrO4/c12-9-5-7(11(13)14)1-2-10(9)16-8-3-4-15-6-8/h1-2,5,8H,3-4,6H2,(H,13,14)/t8-/m0/s1. The number of hydrogen-bond donors (Lipinski definition) is 1. The van der Waals surface area contributed by atoms with Gasteiger partial charge in [-0.15, -0.1) is 0 Å². The van der Waals surface area contributed by atoms with Crippen LogP contribution in [0.2, 0.25) is 0 Å². The summed E-state index contributed by atoms with van der Waals surface area (Å²) in [7, 11) is 0. The molecule has 0 unspecified atom stereocenters.